The van der Waals surface area contributed by atoms with E-state index in [1.807, 2.05) is 60.4 Å². The van der Waals surface area contributed by atoms with Gasteiger partial charge in [-0.25, -0.2) is 0 Å². The van der Waals surface area contributed by atoms with E-state index in [2.05, 4.69) is 5.32 Å². The Morgan fingerprint density at radius 1 is 1.04 bits per heavy atom. The highest BCUT2D eigenvalue weighted by atomic mass is 16.2. The molecule has 0 aliphatic carbocycles. The van der Waals surface area contributed by atoms with Crippen LogP contribution in [0.25, 0.3) is 0 Å². The van der Waals surface area contributed by atoms with E-state index in [9.17, 15) is 9.59 Å². The third-order valence-corrected chi connectivity index (χ3v) is 4.60. The molecular formula is C21H24N2O2. The zero-order valence-electron chi connectivity index (χ0n) is 14.6. The molecule has 1 saturated heterocycles. The maximum atomic E-state index is 12.5. The topological polar surface area (TPSA) is 49.4 Å². The maximum absolute atomic E-state index is 12.5. The van der Waals surface area contributed by atoms with Gasteiger partial charge in [0, 0.05) is 30.3 Å². The largest absolute Gasteiger partial charge is 0.339 e. The van der Waals surface area contributed by atoms with E-state index in [1.165, 1.54) is 0 Å². The predicted octanol–water partition coefficient (Wildman–Crippen LogP) is 3.74. The van der Waals surface area contributed by atoms with Crippen molar-refractivity contribution in [2.75, 3.05) is 18.4 Å². The van der Waals surface area contributed by atoms with Gasteiger partial charge >= 0.3 is 0 Å². The van der Waals surface area contributed by atoms with Crippen molar-refractivity contribution < 1.29 is 9.59 Å². The second kappa shape index (κ2) is 7.97. The Kier molecular flexibility index (Phi) is 5.49. The first-order chi connectivity index (χ1) is 12.1. The van der Waals surface area contributed by atoms with E-state index in [1.54, 1.807) is 6.07 Å². The summed E-state index contributed by atoms with van der Waals surface area (Å²) in [6.07, 6.45) is 2.83. The number of amides is 2. The summed E-state index contributed by atoms with van der Waals surface area (Å²) in [5.74, 6) is -0.124. The van der Waals surface area contributed by atoms with Crippen molar-refractivity contribution in [3.8, 4) is 0 Å². The monoisotopic (exact) mass is 336 g/mol. The molecule has 4 nitrogen and oxygen atoms in total. The Balaban J connectivity index is 1.63. The van der Waals surface area contributed by atoms with Crippen LogP contribution in [-0.4, -0.2) is 29.8 Å². The molecule has 25 heavy (non-hydrogen) atoms. The fourth-order valence-electron chi connectivity index (χ4n) is 3.16. The molecule has 0 aromatic heterocycles. The van der Waals surface area contributed by atoms with E-state index in [0.29, 0.717) is 17.7 Å². The third-order valence-electron chi connectivity index (χ3n) is 4.60. The molecular weight excluding hydrogens is 312 g/mol. The van der Waals surface area contributed by atoms with Crippen molar-refractivity contribution in [3.05, 3.63) is 65.7 Å². The lowest BCUT2D eigenvalue weighted by atomic mass is 10.0. The van der Waals surface area contributed by atoms with Crippen LogP contribution in [0.3, 0.4) is 0 Å². The van der Waals surface area contributed by atoms with Gasteiger partial charge in [-0.3, -0.25) is 9.59 Å². The molecule has 0 radical (unpaired) electrons. The summed E-state index contributed by atoms with van der Waals surface area (Å²) in [7, 11) is 0. The molecule has 3 rings (SSSR count). The predicted molar refractivity (Wildman–Crippen MR) is 99.5 cm³/mol. The molecule has 130 valence electrons. The molecule has 2 amide bonds. The van der Waals surface area contributed by atoms with Crippen molar-refractivity contribution in [2.45, 2.75) is 26.2 Å². The summed E-state index contributed by atoms with van der Waals surface area (Å²) in [4.78, 5) is 26.8. The van der Waals surface area contributed by atoms with Crippen molar-refractivity contribution >= 4 is 17.5 Å². The van der Waals surface area contributed by atoms with Crippen molar-refractivity contribution in [2.24, 2.45) is 5.92 Å². The number of likely N-dealkylation sites (tertiary alicyclic amines) is 1. The number of carbonyl (C=O) groups is 2. The zero-order valence-corrected chi connectivity index (χ0v) is 14.6. The van der Waals surface area contributed by atoms with Gasteiger partial charge in [0.25, 0.3) is 5.91 Å². The van der Waals surface area contributed by atoms with Crippen molar-refractivity contribution in [1.82, 2.24) is 4.90 Å². The number of rotatable bonds is 5. The number of hydrogen-bond acceptors (Lipinski definition) is 2. The number of carbonyl (C=O) groups excluding carboxylic acids is 2. The van der Waals surface area contributed by atoms with E-state index in [0.717, 1.165) is 31.5 Å². The number of anilines is 1. The van der Waals surface area contributed by atoms with Crippen LogP contribution in [0.5, 0.6) is 0 Å². The second-order valence-corrected chi connectivity index (χ2v) is 6.66. The summed E-state index contributed by atoms with van der Waals surface area (Å²) in [6, 6.07) is 17.2. The maximum Gasteiger partial charge on any atom is 0.253 e. The Morgan fingerprint density at radius 2 is 1.76 bits per heavy atom. The van der Waals surface area contributed by atoms with Gasteiger partial charge in [0.05, 0.1) is 0 Å². The van der Waals surface area contributed by atoms with Crippen LogP contribution in [0.15, 0.2) is 54.6 Å². The van der Waals surface area contributed by atoms with Gasteiger partial charge in [-0.05, 0) is 43.0 Å². The van der Waals surface area contributed by atoms with Crippen LogP contribution < -0.4 is 5.32 Å². The smallest absolute Gasteiger partial charge is 0.253 e. The lowest BCUT2D eigenvalue weighted by Crippen LogP contribution is -2.27. The normalized spacial score (nSPS) is 15.0. The number of hydrogen-bond donors (Lipinski definition) is 1. The molecule has 1 fully saturated rings. The minimum Gasteiger partial charge on any atom is -0.339 e. The molecule has 1 N–H and O–H groups in total. The third kappa shape index (κ3) is 4.47. The minimum atomic E-state index is -0.139. The van der Waals surface area contributed by atoms with Gasteiger partial charge in [-0.2, -0.15) is 0 Å². The lowest BCUT2D eigenvalue weighted by Gasteiger charge is -2.16. The van der Waals surface area contributed by atoms with Crippen molar-refractivity contribution in [1.29, 1.82) is 0 Å². The highest BCUT2D eigenvalue weighted by Crippen LogP contribution is 2.18. The summed E-state index contributed by atoms with van der Waals surface area (Å²) >= 11 is 0. The first-order valence-electron chi connectivity index (χ1n) is 8.87. The Bertz CT molecular complexity index is 737. The number of nitrogens with one attached hydrogen (secondary N) is 1. The molecule has 1 aliphatic heterocycles. The highest BCUT2D eigenvalue weighted by molar-refractivity contribution is 5.97. The van der Waals surface area contributed by atoms with E-state index in [4.69, 9.17) is 0 Å². The van der Waals surface area contributed by atoms with Crippen LogP contribution in [0, 0.1) is 5.92 Å². The first kappa shape index (κ1) is 17.2. The van der Waals surface area contributed by atoms with Gasteiger partial charge in [0.2, 0.25) is 5.91 Å². The Morgan fingerprint density at radius 3 is 2.48 bits per heavy atom. The zero-order chi connectivity index (χ0) is 17.6. The molecule has 1 atom stereocenters. The quantitative estimate of drug-likeness (QED) is 0.904. The van der Waals surface area contributed by atoms with E-state index < -0.39 is 0 Å². The van der Waals surface area contributed by atoms with Crippen LogP contribution in [0.2, 0.25) is 0 Å². The molecule has 1 heterocycles. The van der Waals surface area contributed by atoms with Gasteiger partial charge in [-0.15, -0.1) is 0 Å². The summed E-state index contributed by atoms with van der Waals surface area (Å²) < 4.78 is 0. The van der Waals surface area contributed by atoms with Crippen LogP contribution in [-0.2, 0) is 11.2 Å². The molecule has 1 aliphatic rings. The standard InChI is InChI=1S/C21H24N2O2/c1-16(14-17-8-3-2-4-9-17)20(24)22-19-11-7-10-18(15-19)21(25)23-12-5-6-13-23/h2-4,7-11,15-16H,5-6,12-14H2,1H3,(H,22,24). The van der Waals surface area contributed by atoms with Gasteiger partial charge in [0.15, 0.2) is 0 Å². The lowest BCUT2D eigenvalue weighted by molar-refractivity contribution is -0.119. The van der Waals surface area contributed by atoms with Gasteiger partial charge < -0.3 is 10.2 Å². The molecule has 2 aromatic rings. The highest BCUT2D eigenvalue weighted by Gasteiger charge is 2.20. The first-order valence-corrected chi connectivity index (χ1v) is 8.87. The summed E-state index contributed by atoms with van der Waals surface area (Å²) in [6.45, 7) is 3.56. The van der Waals surface area contributed by atoms with Crippen LogP contribution >= 0.6 is 0 Å². The average Bonchev–Trinajstić information content (AvgIpc) is 3.17. The van der Waals surface area contributed by atoms with Crippen LogP contribution in [0.4, 0.5) is 5.69 Å². The van der Waals surface area contributed by atoms with Gasteiger partial charge in [0.1, 0.15) is 0 Å². The van der Waals surface area contributed by atoms with Crippen molar-refractivity contribution in [3.63, 3.8) is 0 Å². The molecule has 2 aromatic carbocycles. The Hall–Kier alpha value is -2.62. The molecule has 1 unspecified atom stereocenters. The SMILES string of the molecule is CC(Cc1ccccc1)C(=O)Nc1cccc(C(=O)N2CCCC2)c1. The summed E-state index contributed by atoms with van der Waals surface area (Å²) in [5, 5.41) is 2.94. The molecule has 0 saturated carbocycles. The Labute approximate surface area is 148 Å². The fourth-order valence-corrected chi connectivity index (χ4v) is 3.16. The second-order valence-electron chi connectivity index (χ2n) is 6.66. The minimum absolute atomic E-state index is 0.0328. The van der Waals surface area contributed by atoms with Crippen LogP contribution in [0.1, 0.15) is 35.7 Å². The number of nitrogens with zero attached hydrogens (tertiary/aromatic N) is 1. The average molecular weight is 336 g/mol. The van der Waals surface area contributed by atoms with E-state index >= 15 is 0 Å². The van der Waals surface area contributed by atoms with Gasteiger partial charge in [-0.1, -0.05) is 43.3 Å². The number of benzene rings is 2. The molecule has 0 bridgehead atoms. The molecule has 4 heteroatoms. The molecule has 0 spiro atoms. The van der Waals surface area contributed by atoms with E-state index in [-0.39, 0.29) is 17.7 Å². The fraction of sp³-hybridized carbons (Fsp3) is 0.333. The summed E-state index contributed by atoms with van der Waals surface area (Å²) in [5.41, 5.74) is 2.45.